The van der Waals surface area contributed by atoms with E-state index in [4.69, 9.17) is 16.9 Å². The quantitative estimate of drug-likeness (QED) is 0.621. The minimum atomic E-state index is -0.519. The average molecular weight is 345 g/mol. The van der Waals surface area contributed by atoms with E-state index in [-0.39, 0.29) is 10.7 Å². The fraction of sp³-hybridized carbons (Fsp3) is 0.267. The highest BCUT2D eigenvalue weighted by Crippen LogP contribution is 2.28. The van der Waals surface area contributed by atoms with Crippen LogP contribution in [-0.4, -0.2) is 41.1 Å². The normalized spacial score (nSPS) is 14.3. The van der Waals surface area contributed by atoms with Crippen molar-refractivity contribution in [1.82, 2.24) is 9.97 Å². The van der Waals surface area contributed by atoms with Crippen LogP contribution in [0.15, 0.2) is 30.6 Å². The second-order valence-electron chi connectivity index (χ2n) is 5.24. The minimum Gasteiger partial charge on any atom is -0.353 e. The second kappa shape index (κ2) is 6.68. The van der Waals surface area contributed by atoms with E-state index in [1.54, 1.807) is 18.3 Å². The molecule has 3 rings (SSSR count). The van der Waals surface area contributed by atoms with E-state index in [1.165, 1.54) is 12.3 Å². The lowest BCUT2D eigenvalue weighted by Crippen LogP contribution is -2.47. The van der Waals surface area contributed by atoms with E-state index < -0.39 is 4.92 Å². The summed E-state index contributed by atoms with van der Waals surface area (Å²) >= 11 is 6.13. The molecule has 3 heterocycles. The summed E-state index contributed by atoms with van der Waals surface area (Å²) in [4.78, 5) is 22.7. The van der Waals surface area contributed by atoms with Gasteiger partial charge in [0.2, 0.25) is 0 Å². The highest BCUT2D eigenvalue weighted by Gasteiger charge is 2.22. The molecule has 0 aromatic carbocycles. The number of pyridine rings is 2. The van der Waals surface area contributed by atoms with Crippen LogP contribution in [0.2, 0.25) is 5.02 Å². The van der Waals surface area contributed by atoms with Crippen molar-refractivity contribution in [2.75, 3.05) is 36.0 Å². The van der Waals surface area contributed by atoms with Gasteiger partial charge < -0.3 is 9.80 Å². The maximum absolute atomic E-state index is 10.7. The third kappa shape index (κ3) is 3.21. The van der Waals surface area contributed by atoms with Crippen LogP contribution in [0.3, 0.4) is 0 Å². The summed E-state index contributed by atoms with van der Waals surface area (Å²) in [6.45, 7) is 2.69. The SMILES string of the molecule is N#Cc1ccnc(N2CCN(c3ncc([N+](=O)[O-])cc3Cl)CC2)c1. The standard InChI is InChI=1S/C15H13ClN6O2/c16-13-8-12(22(23)24)10-19-15(13)21-5-3-20(4-6-21)14-7-11(9-17)1-2-18-14/h1-2,7-8,10H,3-6H2. The van der Waals surface area contributed by atoms with E-state index in [1.807, 2.05) is 4.90 Å². The van der Waals surface area contributed by atoms with Gasteiger partial charge in [-0.1, -0.05) is 11.6 Å². The lowest BCUT2D eigenvalue weighted by Gasteiger charge is -2.36. The van der Waals surface area contributed by atoms with Gasteiger partial charge in [-0.25, -0.2) is 9.97 Å². The molecule has 0 atom stereocenters. The van der Waals surface area contributed by atoms with Crippen LogP contribution in [0, 0.1) is 21.4 Å². The molecule has 0 amide bonds. The Balaban J connectivity index is 1.71. The number of nitriles is 1. The molecule has 24 heavy (non-hydrogen) atoms. The van der Waals surface area contributed by atoms with Crippen molar-refractivity contribution in [3.63, 3.8) is 0 Å². The van der Waals surface area contributed by atoms with Gasteiger partial charge in [-0.2, -0.15) is 5.26 Å². The van der Waals surface area contributed by atoms with Crippen LogP contribution in [0.5, 0.6) is 0 Å². The molecule has 0 spiro atoms. The fourth-order valence-electron chi connectivity index (χ4n) is 2.56. The third-order valence-corrected chi connectivity index (χ3v) is 4.07. The summed E-state index contributed by atoms with van der Waals surface area (Å²) in [7, 11) is 0. The number of nitrogens with zero attached hydrogens (tertiary/aromatic N) is 6. The molecule has 0 saturated carbocycles. The second-order valence-corrected chi connectivity index (χ2v) is 5.65. The highest BCUT2D eigenvalue weighted by atomic mass is 35.5. The van der Waals surface area contributed by atoms with Gasteiger partial charge in [0, 0.05) is 38.4 Å². The molecule has 8 nitrogen and oxygen atoms in total. The first-order valence-corrected chi connectivity index (χ1v) is 7.62. The molecule has 122 valence electrons. The molecule has 0 aliphatic carbocycles. The van der Waals surface area contributed by atoms with E-state index in [2.05, 4.69) is 20.9 Å². The first-order chi connectivity index (χ1) is 11.6. The Morgan fingerprint density at radius 2 is 1.92 bits per heavy atom. The zero-order valence-electron chi connectivity index (χ0n) is 12.6. The third-order valence-electron chi connectivity index (χ3n) is 3.80. The zero-order chi connectivity index (χ0) is 17.1. The molecule has 0 N–H and O–H groups in total. The van der Waals surface area contributed by atoms with Gasteiger partial charge in [0.05, 0.1) is 21.6 Å². The van der Waals surface area contributed by atoms with Gasteiger partial charge in [0.25, 0.3) is 5.69 Å². The summed E-state index contributed by atoms with van der Waals surface area (Å²) in [6, 6.07) is 6.84. The summed E-state index contributed by atoms with van der Waals surface area (Å²) in [5, 5.41) is 20.0. The molecule has 2 aromatic rings. The predicted octanol–water partition coefficient (Wildman–Crippen LogP) is 2.24. The van der Waals surface area contributed by atoms with E-state index in [0.29, 0.717) is 37.6 Å². The van der Waals surface area contributed by atoms with Gasteiger partial charge >= 0.3 is 0 Å². The Kier molecular flexibility index (Phi) is 4.44. The smallest absolute Gasteiger partial charge is 0.289 e. The van der Waals surface area contributed by atoms with Gasteiger partial charge in [-0.05, 0) is 12.1 Å². The number of rotatable bonds is 3. The maximum Gasteiger partial charge on any atom is 0.289 e. The molecule has 9 heteroatoms. The maximum atomic E-state index is 10.7. The van der Waals surface area contributed by atoms with E-state index in [0.717, 1.165) is 5.82 Å². The van der Waals surface area contributed by atoms with Crippen molar-refractivity contribution in [1.29, 1.82) is 5.26 Å². The van der Waals surface area contributed by atoms with Crippen molar-refractivity contribution in [3.05, 3.63) is 51.3 Å². The average Bonchev–Trinajstić information content (AvgIpc) is 2.62. The fourth-order valence-corrected chi connectivity index (χ4v) is 2.84. The Labute approximate surface area is 143 Å². The first-order valence-electron chi connectivity index (χ1n) is 7.24. The molecule has 0 bridgehead atoms. The topological polar surface area (TPSA) is 99.2 Å². The van der Waals surface area contributed by atoms with Crippen molar-refractivity contribution < 1.29 is 4.92 Å². The Morgan fingerprint density at radius 1 is 1.21 bits per heavy atom. The van der Waals surface area contributed by atoms with Crippen LogP contribution in [-0.2, 0) is 0 Å². The van der Waals surface area contributed by atoms with Crippen LogP contribution >= 0.6 is 11.6 Å². The molecular weight excluding hydrogens is 332 g/mol. The lowest BCUT2D eigenvalue weighted by atomic mass is 10.2. The van der Waals surface area contributed by atoms with Crippen molar-refractivity contribution in [2.45, 2.75) is 0 Å². The first kappa shape index (κ1) is 16.0. The van der Waals surface area contributed by atoms with Gasteiger partial charge in [-0.15, -0.1) is 0 Å². The van der Waals surface area contributed by atoms with Crippen molar-refractivity contribution >= 4 is 28.9 Å². The largest absolute Gasteiger partial charge is 0.353 e. The lowest BCUT2D eigenvalue weighted by molar-refractivity contribution is -0.385. The van der Waals surface area contributed by atoms with Crippen LogP contribution in [0.4, 0.5) is 17.3 Å². The Bertz CT molecular complexity index is 814. The Morgan fingerprint density at radius 3 is 2.54 bits per heavy atom. The summed E-state index contributed by atoms with van der Waals surface area (Å²) in [6.07, 6.45) is 2.83. The summed E-state index contributed by atoms with van der Waals surface area (Å²) in [5.74, 6) is 1.30. The number of nitro groups is 1. The molecule has 1 aliphatic rings. The Hall–Kier alpha value is -2.92. The summed E-state index contributed by atoms with van der Waals surface area (Å²) < 4.78 is 0. The molecular formula is C15H13ClN6O2. The molecule has 1 saturated heterocycles. The van der Waals surface area contributed by atoms with E-state index in [9.17, 15) is 10.1 Å². The van der Waals surface area contributed by atoms with Gasteiger partial charge in [-0.3, -0.25) is 10.1 Å². The monoisotopic (exact) mass is 344 g/mol. The number of aromatic nitrogens is 2. The zero-order valence-corrected chi connectivity index (χ0v) is 13.3. The van der Waals surface area contributed by atoms with Crippen LogP contribution < -0.4 is 9.80 Å². The van der Waals surface area contributed by atoms with Crippen LogP contribution in [0.1, 0.15) is 5.56 Å². The number of halogens is 1. The molecule has 1 aliphatic heterocycles. The molecule has 0 radical (unpaired) electrons. The minimum absolute atomic E-state index is 0.125. The van der Waals surface area contributed by atoms with E-state index >= 15 is 0 Å². The van der Waals surface area contributed by atoms with Gasteiger partial charge in [0.15, 0.2) is 0 Å². The van der Waals surface area contributed by atoms with Gasteiger partial charge in [0.1, 0.15) is 17.8 Å². The van der Waals surface area contributed by atoms with Crippen molar-refractivity contribution in [2.24, 2.45) is 0 Å². The molecule has 0 unspecified atom stereocenters. The predicted molar refractivity (Wildman–Crippen MR) is 89.3 cm³/mol. The molecule has 2 aromatic heterocycles. The number of hydrogen-bond acceptors (Lipinski definition) is 7. The van der Waals surface area contributed by atoms with Crippen LogP contribution in [0.25, 0.3) is 0 Å². The number of hydrogen-bond donors (Lipinski definition) is 0. The number of piperazine rings is 1. The summed E-state index contributed by atoms with van der Waals surface area (Å²) in [5.41, 5.74) is 0.447. The van der Waals surface area contributed by atoms with Crippen molar-refractivity contribution in [3.8, 4) is 6.07 Å². The molecule has 1 fully saturated rings. The number of anilines is 2. The highest BCUT2D eigenvalue weighted by molar-refractivity contribution is 6.33.